The molecule has 1 aliphatic heterocycles. The summed E-state index contributed by atoms with van der Waals surface area (Å²) in [4.78, 5) is 37.1. The summed E-state index contributed by atoms with van der Waals surface area (Å²) < 4.78 is 13.8. The summed E-state index contributed by atoms with van der Waals surface area (Å²) in [7, 11) is 0. The minimum atomic E-state index is -1.16. The Bertz CT molecular complexity index is 986. The fourth-order valence-corrected chi connectivity index (χ4v) is 3.24. The van der Waals surface area contributed by atoms with Gasteiger partial charge in [0.1, 0.15) is 11.6 Å². The van der Waals surface area contributed by atoms with Gasteiger partial charge in [-0.2, -0.15) is 0 Å². The maximum absolute atomic E-state index is 13.8. The summed E-state index contributed by atoms with van der Waals surface area (Å²) in [6.07, 6.45) is -0.403. The third kappa shape index (κ3) is 3.75. The van der Waals surface area contributed by atoms with Crippen LogP contribution in [0.3, 0.4) is 0 Å². The number of carboxylic acids is 1. The molecule has 0 unspecified atom stereocenters. The SMILES string of the molecule is O=C(O)CCN1C(=O)C(=O)C(=C(O)c2ccc(Cl)cc2)[C@H]1c1cccc(F)c1. The van der Waals surface area contributed by atoms with Gasteiger partial charge in [0.05, 0.1) is 18.0 Å². The summed E-state index contributed by atoms with van der Waals surface area (Å²) in [6.45, 7) is -0.265. The van der Waals surface area contributed by atoms with Crippen LogP contribution >= 0.6 is 11.6 Å². The number of amides is 1. The molecule has 3 rings (SSSR count). The summed E-state index contributed by atoms with van der Waals surface area (Å²) in [5.74, 6) is -4.11. The van der Waals surface area contributed by atoms with E-state index in [-0.39, 0.29) is 23.2 Å². The van der Waals surface area contributed by atoms with Gasteiger partial charge in [0.15, 0.2) is 0 Å². The van der Waals surface area contributed by atoms with Crippen LogP contribution in [0.2, 0.25) is 5.02 Å². The normalized spacial score (nSPS) is 18.5. The molecular weight excluding hydrogens is 389 g/mol. The van der Waals surface area contributed by atoms with Gasteiger partial charge in [-0.05, 0) is 42.0 Å². The van der Waals surface area contributed by atoms with Crippen molar-refractivity contribution in [1.82, 2.24) is 4.90 Å². The van der Waals surface area contributed by atoms with Gasteiger partial charge in [-0.3, -0.25) is 14.4 Å². The van der Waals surface area contributed by atoms with Gasteiger partial charge in [0.25, 0.3) is 11.7 Å². The number of hydrogen-bond donors (Lipinski definition) is 2. The number of likely N-dealkylation sites (tertiary alicyclic amines) is 1. The molecule has 8 heteroatoms. The lowest BCUT2D eigenvalue weighted by molar-refractivity contribution is -0.142. The fraction of sp³-hybridized carbons (Fsp3) is 0.150. The standard InChI is InChI=1S/C20H15ClFNO5/c21-13-6-4-11(5-7-13)18(26)16-17(12-2-1-3-14(22)10-12)23(9-8-15(24)25)20(28)19(16)27/h1-7,10,17,26H,8-9H2,(H,24,25)/t17-/m1/s1. The van der Waals surface area contributed by atoms with Crippen LogP contribution in [-0.2, 0) is 14.4 Å². The Morgan fingerprint density at radius 3 is 2.39 bits per heavy atom. The Kier molecular flexibility index (Phi) is 5.46. The van der Waals surface area contributed by atoms with Crippen LogP contribution in [0.4, 0.5) is 4.39 Å². The molecule has 1 saturated heterocycles. The topological polar surface area (TPSA) is 94.9 Å². The zero-order valence-corrected chi connectivity index (χ0v) is 15.2. The number of benzene rings is 2. The maximum Gasteiger partial charge on any atom is 0.305 e. The van der Waals surface area contributed by atoms with Crippen molar-refractivity contribution < 1.29 is 29.0 Å². The second kappa shape index (κ2) is 7.82. The molecule has 0 aromatic heterocycles. The number of ketones is 1. The zero-order chi connectivity index (χ0) is 20.4. The van der Waals surface area contributed by atoms with E-state index >= 15 is 0 Å². The van der Waals surface area contributed by atoms with Crippen LogP contribution in [-0.4, -0.2) is 39.3 Å². The van der Waals surface area contributed by atoms with E-state index in [4.69, 9.17) is 16.7 Å². The van der Waals surface area contributed by atoms with Crippen molar-refractivity contribution in [3.63, 3.8) is 0 Å². The van der Waals surface area contributed by atoms with E-state index in [1.165, 1.54) is 42.5 Å². The van der Waals surface area contributed by atoms with E-state index in [0.29, 0.717) is 5.02 Å². The second-order valence-electron chi connectivity index (χ2n) is 6.20. The first-order valence-corrected chi connectivity index (χ1v) is 8.69. The first kappa shape index (κ1) is 19.6. The molecule has 1 aliphatic rings. The Balaban J connectivity index is 2.16. The number of aliphatic hydroxyl groups excluding tert-OH is 1. The smallest absolute Gasteiger partial charge is 0.305 e. The van der Waals surface area contributed by atoms with Gasteiger partial charge in [-0.25, -0.2) is 4.39 Å². The van der Waals surface area contributed by atoms with Gasteiger partial charge >= 0.3 is 5.97 Å². The van der Waals surface area contributed by atoms with Crippen LogP contribution in [0, 0.1) is 5.82 Å². The largest absolute Gasteiger partial charge is 0.507 e. The minimum absolute atomic E-state index is 0.233. The van der Waals surface area contributed by atoms with Crippen molar-refractivity contribution in [1.29, 1.82) is 0 Å². The third-order valence-corrected chi connectivity index (χ3v) is 4.64. The van der Waals surface area contributed by atoms with Crippen LogP contribution in [0.15, 0.2) is 54.1 Å². The molecule has 28 heavy (non-hydrogen) atoms. The molecule has 2 N–H and O–H groups in total. The van der Waals surface area contributed by atoms with Gasteiger partial charge in [0.2, 0.25) is 0 Å². The number of carbonyl (C=O) groups is 3. The molecule has 1 fully saturated rings. The van der Waals surface area contributed by atoms with Crippen molar-refractivity contribution in [2.75, 3.05) is 6.54 Å². The lowest BCUT2D eigenvalue weighted by Crippen LogP contribution is -2.31. The van der Waals surface area contributed by atoms with E-state index in [1.54, 1.807) is 0 Å². The number of rotatable bonds is 5. The number of halogens is 2. The average Bonchev–Trinajstić information content (AvgIpc) is 2.91. The number of hydrogen-bond acceptors (Lipinski definition) is 4. The highest BCUT2D eigenvalue weighted by Crippen LogP contribution is 2.39. The first-order chi connectivity index (χ1) is 13.3. The highest BCUT2D eigenvalue weighted by atomic mass is 35.5. The van der Waals surface area contributed by atoms with Crippen molar-refractivity contribution in [3.05, 3.63) is 76.1 Å². The first-order valence-electron chi connectivity index (χ1n) is 8.31. The molecular formula is C20H15ClFNO5. The lowest BCUT2D eigenvalue weighted by atomic mass is 9.95. The molecule has 1 amide bonds. The lowest BCUT2D eigenvalue weighted by Gasteiger charge is -2.24. The average molecular weight is 404 g/mol. The Hall–Kier alpha value is -3.19. The summed E-state index contributed by atoms with van der Waals surface area (Å²) in [6, 6.07) is 10.1. The number of Topliss-reactive ketones (excluding diaryl/α,β-unsaturated/α-hetero) is 1. The molecule has 0 aliphatic carbocycles. The van der Waals surface area contributed by atoms with E-state index in [9.17, 15) is 23.9 Å². The van der Waals surface area contributed by atoms with Gasteiger partial charge in [0, 0.05) is 17.1 Å². The van der Waals surface area contributed by atoms with Crippen LogP contribution < -0.4 is 0 Å². The molecule has 1 heterocycles. The molecule has 0 radical (unpaired) electrons. The number of carboxylic acid groups (broad SMARTS) is 1. The van der Waals surface area contributed by atoms with Crippen LogP contribution in [0.1, 0.15) is 23.6 Å². The summed E-state index contributed by atoms with van der Waals surface area (Å²) >= 11 is 5.84. The molecule has 1 atom stereocenters. The summed E-state index contributed by atoms with van der Waals surface area (Å²) in [5.41, 5.74) is 0.269. The third-order valence-electron chi connectivity index (χ3n) is 4.39. The number of aliphatic carboxylic acids is 1. The fourth-order valence-electron chi connectivity index (χ4n) is 3.11. The van der Waals surface area contributed by atoms with Crippen molar-refractivity contribution in [2.45, 2.75) is 12.5 Å². The van der Waals surface area contributed by atoms with E-state index < -0.39 is 41.7 Å². The Morgan fingerprint density at radius 1 is 1.11 bits per heavy atom. The highest BCUT2D eigenvalue weighted by molar-refractivity contribution is 6.46. The molecule has 2 aromatic carbocycles. The van der Waals surface area contributed by atoms with Gasteiger partial charge < -0.3 is 15.1 Å². The second-order valence-corrected chi connectivity index (χ2v) is 6.63. The number of nitrogens with zero attached hydrogens (tertiary/aromatic N) is 1. The number of carbonyl (C=O) groups excluding carboxylic acids is 2. The quantitative estimate of drug-likeness (QED) is 0.453. The van der Waals surface area contributed by atoms with E-state index in [2.05, 4.69) is 0 Å². The maximum atomic E-state index is 13.8. The Labute approximate surface area is 164 Å². The van der Waals surface area contributed by atoms with E-state index in [0.717, 1.165) is 11.0 Å². The molecule has 144 valence electrons. The highest BCUT2D eigenvalue weighted by Gasteiger charge is 2.46. The van der Waals surface area contributed by atoms with Gasteiger partial charge in [-0.15, -0.1) is 0 Å². The van der Waals surface area contributed by atoms with Crippen molar-refractivity contribution in [2.24, 2.45) is 0 Å². The monoisotopic (exact) mass is 403 g/mol. The predicted octanol–water partition coefficient (Wildman–Crippen LogP) is 3.38. The predicted molar refractivity (Wildman–Crippen MR) is 99.1 cm³/mol. The molecule has 0 spiro atoms. The van der Waals surface area contributed by atoms with Crippen LogP contribution in [0.5, 0.6) is 0 Å². The molecule has 2 aromatic rings. The Morgan fingerprint density at radius 2 is 1.79 bits per heavy atom. The van der Waals surface area contributed by atoms with Crippen molar-refractivity contribution >= 4 is 35.0 Å². The molecule has 0 bridgehead atoms. The molecule has 6 nitrogen and oxygen atoms in total. The molecule has 0 saturated carbocycles. The van der Waals surface area contributed by atoms with Crippen LogP contribution in [0.25, 0.3) is 5.76 Å². The zero-order valence-electron chi connectivity index (χ0n) is 14.4. The van der Waals surface area contributed by atoms with E-state index in [1.807, 2.05) is 0 Å². The minimum Gasteiger partial charge on any atom is -0.507 e. The van der Waals surface area contributed by atoms with Gasteiger partial charge in [-0.1, -0.05) is 23.7 Å². The number of aliphatic hydroxyl groups is 1. The van der Waals surface area contributed by atoms with Crippen molar-refractivity contribution in [3.8, 4) is 0 Å². The summed E-state index contributed by atoms with van der Waals surface area (Å²) in [5, 5.41) is 20.1.